The minimum Gasteiger partial charge on any atom is -0.346 e. The number of anilines is 1. The maximum atomic E-state index is 6.28. The molecule has 82 valence electrons. The highest BCUT2D eigenvalue weighted by Crippen LogP contribution is 2.29. The second-order valence-corrected chi connectivity index (χ2v) is 4.16. The van der Waals surface area contributed by atoms with Gasteiger partial charge in [-0.15, -0.1) is 0 Å². The number of nitrogens with zero attached hydrogens (tertiary/aromatic N) is 2. The topological polar surface area (TPSA) is 53.1 Å². The second-order valence-electron chi connectivity index (χ2n) is 3.78. The number of pyridine rings is 1. The molecule has 5 heteroatoms. The average Bonchev–Trinajstić information content (AvgIpc) is 2.93. The van der Waals surface area contributed by atoms with Crippen LogP contribution in [0.15, 0.2) is 23.5 Å². The first-order valence-electron chi connectivity index (χ1n) is 5.26. The van der Waals surface area contributed by atoms with Crippen LogP contribution >= 0.6 is 11.6 Å². The summed E-state index contributed by atoms with van der Waals surface area (Å²) in [4.78, 5) is 11.7. The molecule has 2 N–H and O–H groups in total. The zero-order chi connectivity index (χ0) is 11.0. The minimum atomic E-state index is 0.695. The van der Waals surface area contributed by atoms with Gasteiger partial charge in [-0.25, -0.2) is 4.98 Å². The molecule has 0 saturated carbocycles. The molecule has 3 rings (SSSR count). The second kappa shape index (κ2) is 3.79. The molecular formula is C11H11ClN4. The van der Waals surface area contributed by atoms with Crippen LogP contribution in [0.5, 0.6) is 0 Å². The molecule has 3 heterocycles. The summed E-state index contributed by atoms with van der Waals surface area (Å²) >= 11 is 6.28. The highest BCUT2D eigenvalue weighted by molar-refractivity contribution is 6.38. The van der Waals surface area contributed by atoms with E-state index in [1.807, 2.05) is 12.3 Å². The van der Waals surface area contributed by atoms with Crippen LogP contribution in [0, 0.1) is 0 Å². The van der Waals surface area contributed by atoms with Gasteiger partial charge in [-0.2, -0.15) is 0 Å². The van der Waals surface area contributed by atoms with Crippen molar-refractivity contribution >= 4 is 34.2 Å². The summed E-state index contributed by atoms with van der Waals surface area (Å²) in [5, 5.41) is 4.86. The number of aliphatic imine (C=N–C) groups is 1. The van der Waals surface area contributed by atoms with Crippen LogP contribution in [0.2, 0.25) is 5.02 Å². The van der Waals surface area contributed by atoms with Crippen molar-refractivity contribution in [1.29, 1.82) is 0 Å². The van der Waals surface area contributed by atoms with Crippen LogP contribution in [0.4, 0.5) is 5.69 Å². The highest BCUT2D eigenvalue weighted by atomic mass is 35.5. The summed E-state index contributed by atoms with van der Waals surface area (Å²) < 4.78 is 0. The van der Waals surface area contributed by atoms with E-state index in [0.717, 1.165) is 41.9 Å². The normalized spacial score (nSPS) is 15.4. The van der Waals surface area contributed by atoms with E-state index in [1.165, 1.54) is 0 Å². The van der Waals surface area contributed by atoms with E-state index in [2.05, 4.69) is 20.3 Å². The Bertz CT molecular complexity index is 558. The molecule has 0 unspecified atom stereocenters. The van der Waals surface area contributed by atoms with Gasteiger partial charge in [0.25, 0.3) is 0 Å². The Hall–Kier alpha value is -1.55. The summed E-state index contributed by atoms with van der Waals surface area (Å²) in [5.74, 6) is 0.999. The van der Waals surface area contributed by atoms with Crippen molar-refractivity contribution < 1.29 is 0 Å². The summed E-state index contributed by atoms with van der Waals surface area (Å²) in [6.07, 6.45) is 5.67. The number of fused-ring (bicyclic) bond motifs is 1. The van der Waals surface area contributed by atoms with Crippen molar-refractivity contribution in [3.63, 3.8) is 0 Å². The van der Waals surface area contributed by atoms with E-state index in [9.17, 15) is 0 Å². The lowest BCUT2D eigenvalue weighted by atomic mass is 10.3. The molecule has 16 heavy (non-hydrogen) atoms. The Balaban J connectivity index is 1.99. The molecule has 2 aromatic rings. The molecule has 1 aliphatic heterocycles. The van der Waals surface area contributed by atoms with Gasteiger partial charge in [-0.1, -0.05) is 11.6 Å². The molecular weight excluding hydrogens is 224 g/mol. The predicted molar refractivity (Wildman–Crippen MR) is 66.3 cm³/mol. The fourth-order valence-corrected chi connectivity index (χ4v) is 2.11. The fourth-order valence-electron chi connectivity index (χ4n) is 1.86. The lowest BCUT2D eigenvalue weighted by Gasteiger charge is -2.07. The van der Waals surface area contributed by atoms with Crippen molar-refractivity contribution in [2.45, 2.75) is 12.8 Å². The number of hydrogen-bond acceptors (Lipinski definition) is 3. The van der Waals surface area contributed by atoms with E-state index in [-0.39, 0.29) is 0 Å². The van der Waals surface area contributed by atoms with Gasteiger partial charge in [0, 0.05) is 24.5 Å². The Labute approximate surface area is 97.7 Å². The monoisotopic (exact) mass is 234 g/mol. The van der Waals surface area contributed by atoms with Gasteiger partial charge >= 0.3 is 0 Å². The minimum absolute atomic E-state index is 0.695. The molecule has 0 amide bonds. The molecule has 1 aliphatic rings. The fraction of sp³-hybridized carbons (Fsp3) is 0.273. The van der Waals surface area contributed by atoms with Gasteiger partial charge in [0.2, 0.25) is 0 Å². The van der Waals surface area contributed by atoms with E-state index in [0.29, 0.717) is 5.02 Å². The van der Waals surface area contributed by atoms with Gasteiger partial charge in [0.05, 0.1) is 16.9 Å². The SMILES string of the molecule is Clc1c(NC2=NCCC2)cnc2[nH]ccc12. The van der Waals surface area contributed by atoms with Crippen LogP contribution in [-0.2, 0) is 0 Å². The summed E-state index contributed by atoms with van der Waals surface area (Å²) in [5.41, 5.74) is 1.64. The van der Waals surface area contributed by atoms with Crippen LogP contribution < -0.4 is 5.32 Å². The number of aromatic nitrogens is 2. The number of hydrogen-bond donors (Lipinski definition) is 2. The van der Waals surface area contributed by atoms with Gasteiger partial charge in [-0.05, 0) is 12.5 Å². The van der Waals surface area contributed by atoms with Crippen LogP contribution in [0.3, 0.4) is 0 Å². The van der Waals surface area contributed by atoms with Crippen molar-refractivity contribution in [3.8, 4) is 0 Å². The molecule has 0 saturated heterocycles. The Morgan fingerprint density at radius 2 is 2.38 bits per heavy atom. The predicted octanol–water partition coefficient (Wildman–Crippen LogP) is 2.82. The number of aromatic amines is 1. The lowest BCUT2D eigenvalue weighted by molar-refractivity contribution is 0.951. The van der Waals surface area contributed by atoms with E-state index in [1.54, 1.807) is 6.20 Å². The summed E-state index contributed by atoms with van der Waals surface area (Å²) in [7, 11) is 0. The Morgan fingerprint density at radius 3 is 3.19 bits per heavy atom. The first kappa shape index (κ1) is 9.66. The molecule has 4 nitrogen and oxygen atoms in total. The number of halogens is 1. The Kier molecular flexibility index (Phi) is 2.29. The molecule has 0 radical (unpaired) electrons. The highest BCUT2D eigenvalue weighted by Gasteiger charge is 2.11. The van der Waals surface area contributed by atoms with E-state index < -0.39 is 0 Å². The molecule has 0 aromatic carbocycles. The van der Waals surface area contributed by atoms with Crippen molar-refractivity contribution in [2.24, 2.45) is 4.99 Å². The third-order valence-corrected chi connectivity index (χ3v) is 3.08. The van der Waals surface area contributed by atoms with Crippen molar-refractivity contribution in [3.05, 3.63) is 23.5 Å². The first-order valence-corrected chi connectivity index (χ1v) is 5.64. The van der Waals surface area contributed by atoms with E-state index >= 15 is 0 Å². The first-order chi connectivity index (χ1) is 7.84. The molecule has 0 spiro atoms. The summed E-state index contributed by atoms with van der Waals surface area (Å²) in [6, 6.07) is 1.92. The third-order valence-electron chi connectivity index (χ3n) is 2.67. The lowest BCUT2D eigenvalue weighted by Crippen LogP contribution is -2.09. The molecule has 0 fully saturated rings. The third kappa shape index (κ3) is 1.55. The molecule has 2 aromatic heterocycles. The standard InChI is InChI=1S/C11H11ClN4/c12-10-7-3-5-14-11(7)15-6-8(10)16-9-2-1-4-13-9/h3,5-6H,1-2,4H2,(H,13,16)(H,14,15). The summed E-state index contributed by atoms with van der Waals surface area (Å²) in [6.45, 7) is 0.903. The zero-order valence-corrected chi connectivity index (χ0v) is 9.38. The number of rotatable bonds is 1. The van der Waals surface area contributed by atoms with Crippen molar-refractivity contribution in [1.82, 2.24) is 9.97 Å². The van der Waals surface area contributed by atoms with Gasteiger partial charge in [0.1, 0.15) is 11.5 Å². The van der Waals surface area contributed by atoms with Crippen LogP contribution in [0.25, 0.3) is 11.0 Å². The molecule has 0 atom stereocenters. The van der Waals surface area contributed by atoms with Gasteiger partial charge < -0.3 is 10.3 Å². The smallest absolute Gasteiger partial charge is 0.138 e. The zero-order valence-electron chi connectivity index (χ0n) is 8.63. The van der Waals surface area contributed by atoms with Gasteiger partial charge in [0.15, 0.2) is 0 Å². The molecule has 0 aliphatic carbocycles. The van der Waals surface area contributed by atoms with Crippen LogP contribution in [-0.4, -0.2) is 22.3 Å². The number of H-pyrrole nitrogens is 1. The van der Waals surface area contributed by atoms with Crippen molar-refractivity contribution in [2.75, 3.05) is 11.9 Å². The maximum Gasteiger partial charge on any atom is 0.138 e. The number of nitrogens with one attached hydrogen (secondary N) is 2. The van der Waals surface area contributed by atoms with Crippen LogP contribution in [0.1, 0.15) is 12.8 Å². The largest absolute Gasteiger partial charge is 0.346 e. The average molecular weight is 235 g/mol. The Morgan fingerprint density at radius 1 is 1.44 bits per heavy atom. The number of amidine groups is 1. The van der Waals surface area contributed by atoms with Gasteiger partial charge in [-0.3, -0.25) is 4.99 Å². The molecule has 0 bridgehead atoms. The maximum absolute atomic E-state index is 6.28. The quantitative estimate of drug-likeness (QED) is 0.797. The van der Waals surface area contributed by atoms with E-state index in [4.69, 9.17) is 11.6 Å².